The Morgan fingerprint density at radius 2 is 1.76 bits per heavy atom. The van der Waals surface area contributed by atoms with Gasteiger partial charge in [0.2, 0.25) is 5.91 Å². The van der Waals surface area contributed by atoms with Crippen molar-refractivity contribution in [3.63, 3.8) is 0 Å². The summed E-state index contributed by atoms with van der Waals surface area (Å²) in [5.74, 6) is 0.482. The number of ether oxygens (including phenoxy) is 1. The Balaban J connectivity index is 1.58. The number of carbonyl (C=O) groups excluding carboxylic acids is 1. The summed E-state index contributed by atoms with van der Waals surface area (Å²) in [7, 11) is -3.30. The summed E-state index contributed by atoms with van der Waals surface area (Å²) in [6, 6.07) is 0.271. The largest absolute Gasteiger partial charge is 0.381 e. The lowest BCUT2D eigenvalue weighted by Crippen LogP contribution is -2.70. The molecule has 0 aromatic rings. The number of likely N-dealkylation sites (tertiary alicyclic amines) is 1. The van der Waals surface area contributed by atoms with Crippen molar-refractivity contribution < 1.29 is 17.9 Å². The molecule has 0 aromatic carbocycles. The van der Waals surface area contributed by atoms with Gasteiger partial charge < -0.3 is 9.64 Å². The second-order valence-electron chi connectivity index (χ2n) is 7.46. The van der Waals surface area contributed by atoms with E-state index in [9.17, 15) is 13.2 Å². The molecule has 0 bridgehead atoms. The molecule has 2 aliphatic carbocycles. The van der Waals surface area contributed by atoms with Crippen LogP contribution >= 0.6 is 0 Å². The topological polar surface area (TPSA) is 63.7 Å². The SMILES string of the molecule is CS(=O)(=O)C1(C(=O)N2CC3(CCOCC3)C2C2CC2)CC1. The zero-order chi connectivity index (χ0) is 14.9. The third kappa shape index (κ3) is 1.91. The van der Waals surface area contributed by atoms with Gasteiger partial charge in [-0.15, -0.1) is 0 Å². The molecule has 1 unspecified atom stereocenters. The lowest BCUT2D eigenvalue weighted by Gasteiger charge is -2.60. The summed E-state index contributed by atoms with van der Waals surface area (Å²) in [5, 5.41) is 0. The quantitative estimate of drug-likeness (QED) is 0.779. The Labute approximate surface area is 125 Å². The van der Waals surface area contributed by atoms with Crippen LogP contribution in [0.15, 0.2) is 0 Å². The Bertz CT molecular complexity index is 570. The second-order valence-corrected chi connectivity index (χ2v) is 9.78. The molecule has 2 heterocycles. The van der Waals surface area contributed by atoms with Crippen LogP contribution in [0.2, 0.25) is 0 Å². The molecule has 0 aromatic heterocycles. The van der Waals surface area contributed by atoms with E-state index in [0.717, 1.165) is 32.6 Å². The Morgan fingerprint density at radius 1 is 1.14 bits per heavy atom. The van der Waals surface area contributed by atoms with Gasteiger partial charge in [0, 0.05) is 37.5 Å². The highest BCUT2D eigenvalue weighted by Gasteiger charge is 2.67. The number of sulfone groups is 1. The monoisotopic (exact) mass is 313 g/mol. The number of nitrogens with zero attached hydrogens (tertiary/aromatic N) is 1. The molecule has 2 saturated heterocycles. The van der Waals surface area contributed by atoms with E-state index in [2.05, 4.69) is 0 Å². The summed E-state index contributed by atoms with van der Waals surface area (Å²) in [6.07, 6.45) is 6.64. The molecule has 0 radical (unpaired) electrons. The van der Waals surface area contributed by atoms with E-state index in [1.54, 1.807) is 0 Å². The number of rotatable bonds is 3. The minimum absolute atomic E-state index is 0.112. The van der Waals surface area contributed by atoms with Gasteiger partial charge in [0.05, 0.1) is 0 Å². The Kier molecular flexibility index (Phi) is 2.82. The van der Waals surface area contributed by atoms with Crippen molar-refractivity contribution in [3.05, 3.63) is 0 Å². The van der Waals surface area contributed by atoms with Crippen molar-refractivity contribution in [1.82, 2.24) is 4.90 Å². The van der Waals surface area contributed by atoms with Gasteiger partial charge >= 0.3 is 0 Å². The van der Waals surface area contributed by atoms with Crippen LogP contribution in [0.25, 0.3) is 0 Å². The smallest absolute Gasteiger partial charge is 0.244 e. The van der Waals surface area contributed by atoms with Gasteiger partial charge in [-0.3, -0.25) is 4.79 Å². The van der Waals surface area contributed by atoms with Gasteiger partial charge in [-0.2, -0.15) is 0 Å². The maximum Gasteiger partial charge on any atom is 0.244 e. The van der Waals surface area contributed by atoms with Gasteiger partial charge in [0.25, 0.3) is 0 Å². The summed E-state index contributed by atoms with van der Waals surface area (Å²) in [4.78, 5) is 14.8. The summed E-state index contributed by atoms with van der Waals surface area (Å²) < 4.78 is 28.4. The Hall–Kier alpha value is -0.620. The van der Waals surface area contributed by atoms with E-state index in [-0.39, 0.29) is 17.4 Å². The van der Waals surface area contributed by atoms with Crippen LogP contribution in [-0.2, 0) is 19.4 Å². The number of hydrogen-bond donors (Lipinski definition) is 0. The van der Waals surface area contributed by atoms with Crippen LogP contribution < -0.4 is 0 Å². The van der Waals surface area contributed by atoms with E-state index >= 15 is 0 Å². The first-order valence-corrected chi connectivity index (χ1v) is 9.87. The molecular formula is C15H23NO4S. The minimum atomic E-state index is -3.30. The molecule has 2 saturated carbocycles. The maximum absolute atomic E-state index is 12.8. The van der Waals surface area contributed by atoms with E-state index in [0.29, 0.717) is 18.8 Å². The number of amides is 1. The van der Waals surface area contributed by atoms with E-state index in [4.69, 9.17) is 4.74 Å². The fourth-order valence-electron chi connectivity index (χ4n) is 4.46. The minimum Gasteiger partial charge on any atom is -0.381 e. The average molecular weight is 313 g/mol. The van der Waals surface area contributed by atoms with Crippen molar-refractivity contribution in [2.75, 3.05) is 26.0 Å². The third-order valence-corrected chi connectivity index (χ3v) is 8.07. The predicted octanol–water partition coefficient (Wildman–Crippen LogP) is 0.981. The van der Waals surface area contributed by atoms with Crippen molar-refractivity contribution in [2.24, 2.45) is 11.3 Å². The molecule has 1 atom stereocenters. The predicted molar refractivity (Wildman–Crippen MR) is 77.5 cm³/mol. The highest BCUT2D eigenvalue weighted by Crippen LogP contribution is 2.57. The lowest BCUT2D eigenvalue weighted by atomic mass is 9.64. The molecule has 0 N–H and O–H groups in total. The summed E-state index contributed by atoms with van der Waals surface area (Å²) in [5.41, 5.74) is 0.211. The van der Waals surface area contributed by atoms with Crippen LogP contribution in [0.5, 0.6) is 0 Å². The van der Waals surface area contributed by atoms with Crippen molar-refractivity contribution in [2.45, 2.75) is 49.3 Å². The highest BCUT2D eigenvalue weighted by molar-refractivity contribution is 7.93. The van der Waals surface area contributed by atoms with Crippen molar-refractivity contribution in [3.8, 4) is 0 Å². The molecule has 2 aliphatic heterocycles. The molecule has 5 nitrogen and oxygen atoms in total. The molecule has 4 aliphatic rings. The van der Waals surface area contributed by atoms with Gasteiger partial charge in [0.15, 0.2) is 14.6 Å². The van der Waals surface area contributed by atoms with Crippen LogP contribution in [-0.4, -0.2) is 56.0 Å². The maximum atomic E-state index is 12.8. The molecule has 1 amide bonds. The molecule has 21 heavy (non-hydrogen) atoms. The molecule has 6 heteroatoms. The van der Waals surface area contributed by atoms with Crippen LogP contribution in [0.4, 0.5) is 0 Å². The van der Waals surface area contributed by atoms with Gasteiger partial charge in [-0.05, 0) is 44.4 Å². The first-order valence-electron chi connectivity index (χ1n) is 7.98. The van der Waals surface area contributed by atoms with Crippen LogP contribution in [0.3, 0.4) is 0 Å². The van der Waals surface area contributed by atoms with Crippen LogP contribution in [0, 0.1) is 11.3 Å². The van der Waals surface area contributed by atoms with Crippen LogP contribution in [0.1, 0.15) is 38.5 Å². The molecule has 118 valence electrons. The first-order chi connectivity index (χ1) is 9.90. The average Bonchev–Trinajstić information content (AvgIpc) is 3.28. The number of carbonyl (C=O) groups is 1. The Morgan fingerprint density at radius 3 is 2.24 bits per heavy atom. The van der Waals surface area contributed by atoms with Gasteiger partial charge in [-0.1, -0.05) is 0 Å². The summed E-state index contributed by atoms with van der Waals surface area (Å²) >= 11 is 0. The first kappa shape index (κ1) is 14.0. The highest BCUT2D eigenvalue weighted by atomic mass is 32.2. The summed E-state index contributed by atoms with van der Waals surface area (Å²) in [6.45, 7) is 2.30. The van der Waals surface area contributed by atoms with Gasteiger partial charge in [-0.25, -0.2) is 8.42 Å². The normalized spacial score (nSPS) is 33.6. The molecule has 4 fully saturated rings. The zero-order valence-electron chi connectivity index (χ0n) is 12.5. The van der Waals surface area contributed by atoms with E-state index in [1.165, 1.54) is 19.1 Å². The third-order valence-electron chi connectivity index (χ3n) is 6.07. The second kappa shape index (κ2) is 4.22. The molecular weight excluding hydrogens is 290 g/mol. The molecule has 1 spiro atoms. The standard InChI is InChI=1S/C15H23NO4S/c1-21(18,19)15(4-5-15)13(17)16-10-14(6-8-20-9-7-14)12(16)11-2-3-11/h11-12H,2-10H2,1H3. The van der Waals surface area contributed by atoms with Crippen molar-refractivity contribution >= 4 is 15.7 Å². The fraction of sp³-hybridized carbons (Fsp3) is 0.933. The number of hydrogen-bond acceptors (Lipinski definition) is 4. The lowest BCUT2D eigenvalue weighted by molar-refractivity contribution is -0.171. The van der Waals surface area contributed by atoms with E-state index in [1.807, 2.05) is 4.90 Å². The molecule has 4 rings (SSSR count). The van der Waals surface area contributed by atoms with E-state index < -0.39 is 14.6 Å². The fourth-order valence-corrected chi connectivity index (χ4v) is 5.74. The zero-order valence-corrected chi connectivity index (χ0v) is 13.3. The van der Waals surface area contributed by atoms with Gasteiger partial charge in [0.1, 0.15) is 0 Å². The van der Waals surface area contributed by atoms with Crippen molar-refractivity contribution in [1.29, 1.82) is 0 Å².